The fourth-order valence-electron chi connectivity index (χ4n) is 2.03. The van der Waals surface area contributed by atoms with Gasteiger partial charge in [0.15, 0.2) is 22.4 Å². The number of hydrogen-bond acceptors (Lipinski definition) is 4. The molecule has 0 aliphatic carbocycles. The average molecular weight is 315 g/mol. The number of aromatic amines is 1. The minimum Gasteiger partial charge on any atom is -0.331 e. The number of unbranched alkanes of at least 4 members (excludes halogenated alkanes) is 2. The molecule has 0 saturated carbocycles. The Kier molecular flexibility index (Phi) is 4.07. The van der Waals surface area contributed by atoms with Crippen molar-refractivity contribution in [3.8, 4) is 23.5 Å². The van der Waals surface area contributed by atoms with E-state index in [0.717, 1.165) is 19.3 Å². The van der Waals surface area contributed by atoms with Crippen molar-refractivity contribution < 1.29 is 0 Å². The van der Waals surface area contributed by atoms with Crippen molar-refractivity contribution in [2.45, 2.75) is 26.2 Å². The molecule has 0 spiro atoms. The van der Waals surface area contributed by atoms with Crippen molar-refractivity contribution in [3.63, 3.8) is 0 Å². The number of imidazole rings is 2. The van der Waals surface area contributed by atoms with Crippen molar-refractivity contribution in [1.29, 1.82) is 0 Å². The van der Waals surface area contributed by atoms with Crippen LogP contribution in [0, 0.1) is 11.8 Å². The van der Waals surface area contributed by atoms with Crippen molar-refractivity contribution >= 4 is 22.8 Å². The first kappa shape index (κ1) is 14.5. The summed E-state index contributed by atoms with van der Waals surface area (Å²) in [6.45, 7) is 2.13. The fourth-order valence-corrected chi connectivity index (χ4v) is 2.24. The first-order valence-corrected chi connectivity index (χ1v) is 7.46. The number of aromatic nitrogens is 6. The van der Waals surface area contributed by atoms with Gasteiger partial charge in [-0.15, -0.1) is 0 Å². The minimum atomic E-state index is 0.317. The van der Waals surface area contributed by atoms with Crippen molar-refractivity contribution in [1.82, 2.24) is 29.5 Å². The van der Waals surface area contributed by atoms with Crippen LogP contribution in [0.15, 0.2) is 12.4 Å². The van der Waals surface area contributed by atoms with E-state index in [0.29, 0.717) is 33.8 Å². The standard InChI is InChI=1S/C15H15ClN6/c1-3-4-5-6-7-10-18-12(16)11-13(19-10)21-14(20-11)15-17-8-9-22(15)2/h8-9H,3-5H2,1-2H3,(H,18,19,20,21). The number of halogens is 1. The quantitative estimate of drug-likeness (QED) is 0.458. The molecule has 112 valence electrons. The van der Waals surface area contributed by atoms with Gasteiger partial charge in [0.25, 0.3) is 0 Å². The van der Waals surface area contributed by atoms with Crippen molar-refractivity contribution in [2.24, 2.45) is 7.05 Å². The van der Waals surface area contributed by atoms with Gasteiger partial charge in [0.05, 0.1) is 0 Å². The Hall–Kier alpha value is -2.39. The molecule has 0 amide bonds. The average Bonchev–Trinajstić information content (AvgIpc) is 3.09. The van der Waals surface area contributed by atoms with E-state index in [1.165, 1.54) is 0 Å². The highest BCUT2D eigenvalue weighted by atomic mass is 35.5. The molecule has 3 aromatic rings. The van der Waals surface area contributed by atoms with Gasteiger partial charge in [-0.2, -0.15) is 4.98 Å². The van der Waals surface area contributed by atoms with Crippen LogP contribution in [0.3, 0.4) is 0 Å². The van der Waals surface area contributed by atoms with Crippen LogP contribution in [0.5, 0.6) is 0 Å². The highest BCUT2D eigenvalue weighted by molar-refractivity contribution is 6.33. The summed E-state index contributed by atoms with van der Waals surface area (Å²) in [6.07, 6.45) is 6.56. The zero-order valence-corrected chi connectivity index (χ0v) is 13.1. The molecule has 0 aliphatic heterocycles. The van der Waals surface area contributed by atoms with E-state index in [9.17, 15) is 0 Å². The molecule has 0 atom stereocenters. The second kappa shape index (κ2) is 6.16. The first-order chi connectivity index (χ1) is 10.7. The smallest absolute Gasteiger partial charge is 0.208 e. The number of rotatable bonds is 3. The summed E-state index contributed by atoms with van der Waals surface area (Å²) in [5.74, 6) is 7.70. The summed E-state index contributed by atoms with van der Waals surface area (Å²) in [7, 11) is 1.90. The van der Waals surface area contributed by atoms with E-state index >= 15 is 0 Å². The maximum Gasteiger partial charge on any atom is 0.208 e. The summed E-state index contributed by atoms with van der Waals surface area (Å²) in [6, 6.07) is 0. The lowest BCUT2D eigenvalue weighted by molar-refractivity contribution is 0.828. The Morgan fingerprint density at radius 3 is 2.91 bits per heavy atom. The lowest BCUT2D eigenvalue weighted by Crippen LogP contribution is -1.92. The highest BCUT2D eigenvalue weighted by Crippen LogP contribution is 2.22. The number of hydrogen-bond donors (Lipinski definition) is 1. The fraction of sp³-hybridized carbons (Fsp3) is 0.333. The molecule has 22 heavy (non-hydrogen) atoms. The van der Waals surface area contributed by atoms with Gasteiger partial charge >= 0.3 is 0 Å². The second-order valence-electron chi connectivity index (χ2n) is 4.89. The zero-order valence-electron chi connectivity index (χ0n) is 12.4. The van der Waals surface area contributed by atoms with E-state index in [-0.39, 0.29) is 0 Å². The molecule has 0 saturated heterocycles. The van der Waals surface area contributed by atoms with Crippen LogP contribution in [-0.2, 0) is 7.05 Å². The van der Waals surface area contributed by atoms with Crippen LogP contribution >= 0.6 is 11.6 Å². The SMILES string of the molecule is CCCCC#Cc1nc(Cl)c2[nH]c(-c3nccn3C)nc2n1. The van der Waals surface area contributed by atoms with Gasteiger partial charge in [-0.1, -0.05) is 30.9 Å². The van der Waals surface area contributed by atoms with Gasteiger partial charge in [-0.05, 0) is 12.3 Å². The van der Waals surface area contributed by atoms with Crippen LogP contribution in [-0.4, -0.2) is 29.5 Å². The minimum absolute atomic E-state index is 0.317. The summed E-state index contributed by atoms with van der Waals surface area (Å²) in [5.41, 5.74) is 1.09. The third-order valence-corrected chi connectivity index (χ3v) is 3.47. The topological polar surface area (TPSA) is 72.3 Å². The molecule has 0 fully saturated rings. The van der Waals surface area contributed by atoms with Crippen LogP contribution < -0.4 is 0 Å². The third-order valence-electron chi connectivity index (χ3n) is 3.20. The molecular formula is C15H15ClN6. The van der Waals surface area contributed by atoms with E-state index in [2.05, 4.69) is 43.7 Å². The van der Waals surface area contributed by atoms with Gasteiger partial charge in [-0.3, -0.25) is 0 Å². The van der Waals surface area contributed by atoms with Crippen molar-refractivity contribution in [2.75, 3.05) is 0 Å². The molecule has 0 bridgehead atoms. The summed E-state index contributed by atoms with van der Waals surface area (Å²) >= 11 is 6.20. The van der Waals surface area contributed by atoms with Gasteiger partial charge in [-0.25, -0.2) is 15.0 Å². The van der Waals surface area contributed by atoms with Crippen LogP contribution in [0.4, 0.5) is 0 Å². The Bertz CT molecular complexity index is 867. The molecular weight excluding hydrogens is 300 g/mol. The number of nitrogens with zero attached hydrogens (tertiary/aromatic N) is 5. The normalized spacial score (nSPS) is 10.7. The summed E-state index contributed by atoms with van der Waals surface area (Å²) < 4.78 is 1.87. The molecule has 1 N–H and O–H groups in total. The molecule has 0 aromatic carbocycles. The van der Waals surface area contributed by atoms with E-state index in [4.69, 9.17) is 11.6 Å². The predicted molar refractivity (Wildman–Crippen MR) is 85.3 cm³/mol. The molecule has 6 nitrogen and oxygen atoms in total. The van der Waals surface area contributed by atoms with Gasteiger partial charge in [0.1, 0.15) is 5.52 Å². The van der Waals surface area contributed by atoms with Crippen molar-refractivity contribution in [3.05, 3.63) is 23.4 Å². The Morgan fingerprint density at radius 2 is 2.18 bits per heavy atom. The molecule has 3 aromatic heterocycles. The molecule has 3 rings (SSSR count). The lowest BCUT2D eigenvalue weighted by atomic mass is 10.2. The van der Waals surface area contributed by atoms with E-state index < -0.39 is 0 Å². The zero-order chi connectivity index (χ0) is 15.5. The van der Waals surface area contributed by atoms with E-state index in [1.807, 2.05) is 17.8 Å². The van der Waals surface area contributed by atoms with Crippen LogP contribution in [0.25, 0.3) is 22.8 Å². The van der Waals surface area contributed by atoms with E-state index in [1.54, 1.807) is 6.20 Å². The number of nitrogens with one attached hydrogen (secondary N) is 1. The Balaban J connectivity index is 1.99. The molecule has 0 unspecified atom stereocenters. The number of fused-ring (bicyclic) bond motifs is 1. The maximum absolute atomic E-state index is 6.20. The van der Waals surface area contributed by atoms with Crippen LogP contribution in [0.1, 0.15) is 32.0 Å². The molecule has 0 aliphatic rings. The maximum atomic E-state index is 6.20. The monoisotopic (exact) mass is 314 g/mol. The Morgan fingerprint density at radius 1 is 1.32 bits per heavy atom. The molecule has 7 heteroatoms. The second-order valence-corrected chi connectivity index (χ2v) is 5.25. The molecule has 3 heterocycles. The van der Waals surface area contributed by atoms with Gasteiger partial charge in [0.2, 0.25) is 5.82 Å². The largest absolute Gasteiger partial charge is 0.331 e. The summed E-state index contributed by atoms with van der Waals surface area (Å²) in [4.78, 5) is 20.3. The van der Waals surface area contributed by atoms with Gasteiger partial charge < -0.3 is 9.55 Å². The number of aryl methyl sites for hydroxylation is 1. The lowest BCUT2D eigenvalue weighted by Gasteiger charge is -1.95. The summed E-state index contributed by atoms with van der Waals surface area (Å²) in [5, 5.41) is 0.317. The first-order valence-electron chi connectivity index (χ1n) is 7.09. The highest BCUT2D eigenvalue weighted by Gasteiger charge is 2.14. The Labute approximate surface area is 133 Å². The van der Waals surface area contributed by atoms with Gasteiger partial charge in [0, 0.05) is 25.9 Å². The predicted octanol–water partition coefficient (Wildman–Crippen LogP) is 2.95. The third kappa shape index (κ3) is 2.81. The molecule has 0 radical (unpaired) electrons. The number of H-pyrrole nitrogens is 1. The van der Waals surface area contributed by atoms with Crippen LogP contribution in [0.2, 0.25) is 5.15 Å².